The van der Waals surface area contributed by atoms with E-state index in [1.807, 2.05) is 0 Å². The number of carbonyl (C=O) groups is 1. The van der Waals surface area contributed by atoms with Gasteiger partial charge in [-0.3, -0.25) is 4.79 Å². The first kappa shape index (κ1) is 14.1. The number of ether oxygens (including phenoxy) is 1. The number of anilines is 1. The van der Waals surface area contributed by atoms with Crippen molar-refractivity contribution in [1.82, 2.24) is 14.6 Å². The molecule has 2 aromatic heterocycles. The van der Waals surface area contributed by atoms with Crippen molar-refractivity contribution in [3.8, 4) is 0 Å². The van der Waals surface area contributed by atoms with Crippen molar-refractivity contribution in [2.75, 3.05) is 19.0 Å². The monoisotopic (exact) mass is 288 g/mol. The molecule has 0 fully saturated rings. The zero-order chi connectivity index (χ0) is 14.8. The Bertz CT molecular complexity index is 624. The van der Waals surface area contributed by atoms with E-state index in [1.54, 1.807) is 0 Å². The van der Waals surface area contributed by atoms with Crippen LogP contribution in [0.5, 0.6) is 0 Å². The van der Waals surface area contributed by atoms with Gasteiger partial charge >= 0.3 is 12.1 Å². The Labute approximate surface area is 111 Å². The lowest BCUT2D eigenvalue weighted by molar-refractivity contribution is -0.141. The van der Waals surface area contributed by atoms with Gasteiger partial charge in [0.05, 0.1) is 13.5 Å². The highest BCUT2D eigenvalue weighted by atomic mass is 19.4. The second-order valence-electron chi connectivity index (χ2n) is 3.89. The molecular weight excluding hydrogens is 277 g/mol. The fraction of sp³-hybridized carbons (Fsp3) is 0.364. The van der Waals surface area contributed by atoms with E-state index in [9.17, 15) is 18.0 Å². The van der Waals surface area contributed by atoms with E-state index in [0.29, 0.717) is 0 Å². The second kappa shape index (κ2) is 5.35. The van der Waals surface area contributed by atoms with Crippen molar-refractivity contribution < 1.29 is 22.7 Å². The highest BCUT2D eigenvalue weighted by Crippen LogP contribution is 2.29. The van der Waals surface area contributed by atoms with Gasteiger partial charge in [0.1, 0.15) is 5.52 Å². The van der Waals surface area contributed by atoms with Gasteiger partial charge in [-0.2, -0.15) is 18.3 Å². The zero-order valence-corrected chi connectivity index (χ0v) is 10.4. The van der Waals surface area contributed by atoms with E-state index >= 15 is 0 Å². The molecule has 20 heavy (non-hydrogen) atoms. The Balaban J connectivity index is 2.21. The molecular formula is C11H11F3N4O2. The molecule has 0 aliphatic carbocycles. The number of methoxy groups -OCH3 is 1. The van der Waals surface area contributed by atoms with Gasteiger partial charge in [-0.05, 0) is 0 Å². The lowest BCUT2D eigenvalue weighted by Crippen LogP contribution is -2.11. The number of rotatable bonds is 4. The SMILES string of the molecule is COC(=O)CCNc1nccn2nc(C(F)(F)F)cc12. The average Bonchev–Trinajstić information content (AvgIpc) is 2.83. The summed E-state index contributed by atoms with van der Waals surface area (Å²) in [5.41, 5.74) is -0.814. The van der Waals surface area contributed by atoms with Gasteiger partial charge < -0.3 is 10.1 Å². The van der Waals surface area contributed by atoms with Crippen LogP contribution < -0.4 is 5.32 Å². The summed E-state index contributed by atoms with van der Waals surface area (Å²) in [6.07, 6.45) is -1.80. The molecule has 0 bridgehead atoms. The van der Waals surface area contributed by atoms with Crippen molar-refractivity contribution in [1.29, 1.82) is 0 Å². The molecule has 0 saturated carbocycles. The standard InChI is InChI=1S/C11H11F3N4O2/c1-20-9(19)2-3-15-10-7-6-8(11(12,13)14)17-18(7)5-4-16-10/h4-6H,2-3H2,1H3,(H,15,16). The van der Waals surface area contributed by atoms with Crippen molar-refractivity contribution in [2.24, 2.45) is 0 Å². The van der Waals surface area contributed by atoms with Crippen LogP contribution in [0.4, 0.5) is 19.0 Å². The summed E-state index contributed by atoms with van der Waals surface area (Å²) in [6.45, 7) is 0.200. The highest BCUT2D eigenvalue weighted by Gasteiger charge is 2.34. The number of aromatic nitrogens is 3. The number of alkyl halides is 3. The molecule has 0 spiro atoms. The summed E-state index contributed by atoms with van der Waals surface area (Å²) >= 11 is 0. The summed E-state index contributed by atoms with van der Waals surface area (Å²) in [6, 6.07) is 0.896. The number of esters is 1. The molecule has 1 N–H and O–H groups in total. The molecule has 0 aromatic carbocycles. The van der Waals surface area contributed by atoms with Crippen LogP contribution >= 0.6 is 0 Å². The fourth-order valence-electron chi connectivity index (χ4n) is 1.58. The molecule has 2 aromatic rings. The molecule has 0 radical (unpaired) electrons. The summed E-state index contributed by atoms with van der Waals surface area (Å²) in [5.74, 6) is -0.201. The quantitative estimate of drug-likeness (QED) is 0.868. The molecule has 2 heterocycles. The molecule has 0 unspecified atom stereocenters. The minimum absolute atomic E-state index is 0.0828. The third kappa shape index (κ3) is 2.98. The van der Waals surface area contributed by atoms with Crippen molar-refractivity contribution in [3.63, 3.8) is 0 Å². The lowest BCUT2D eigenvalue weighted by Gasteiger charge is -2.05. The molecule has 0 aliphatic rings. The molecule has 0 atom stereocenters. The minimum atomic E-state index is -4.52. The molecule has 0 amide bonds. The Kier molecular flexibility index (Phi) is 3.77. The maximum Gasteiger partial charge on any atom is 0.435 e. The summed E-state index contributed by atoms with van der Waals surface area (Å²) in [4.78, 5) is 14.9. The van der Waals surface area contributed by atoms with E-state index in [0.717, 1.165) is 10.6 Å². The van der Waals surface area contributed by atoms with Crippen LogP contribution in [0.3, 0.4) is 0 Å². The largest absolute Gasteiger partial charge is 0.469 e. The topological polar surface area (TPSA) is 68.5 Å². The number of hydrogen-bond acceptors (Lipinski definition) is 5. The Hall–Kier alpha value is -2.32. The fourth-order valence-corrected chi connectivity index (χ4v) is 1.58. The van der Waals surface area contributed by atoms with Crippen molar-refractivity contribution >= 4 is 17.3 Å². The van der Waals surface area contributed by atoms with Gasteiger partial charge in [0.2, 0.25) is 0 Å². The smallest absolute Gasteiger partial charge is 0.435 e. The Morgan fingerprint density at radius 3 is 2.90 bits per heavy atom. The average molecular weight is 288 g/mol. The second-order valence-corrected chi connectivity index (χ2v) is 3.89. The summed E-state index contributed by atoms with van der Waals surface area (Å²) in [7, 11) is 1.26. The first-order valence-electron chi connectivity index (χ1n) is 5.64. The van der Waals surface area contributed by atoms with Gasteiger partial charge in [-0.15, -0.1) is 0 Å². The summed E-state index contributed by atoms with van der Waals surface area (Å²) < 4.78 is 43.3. The van der Waals surface area contributed by atoms with E-state index in [4.69, 9.17) is 0 Å². The van der Waals surface area contributed by atoms with Crippen LogP contribution in [0.15, 0.2) is 18.5 Å². The number of halogens is 3. The Morgan fingerprint density at radius 2 is 2.25 bits per heavy atom. The van der Waals surface area contributed by atoms with Gasteiger partial charge in [0.25, 0.3) is 0 Å². The third-order valence-corrected chi connectivity index (χ3v) is 2.53. The molecule has 0 aliphatic heterocycles. The number of nitrogens with zero attached hydrogens (tertiary/aromatic N) is 3. The van der Waals surface area contributed by atoms with Crippen molar-refractivity contribution in [3.05, 3.63) is 24.2 Å². The maximum atomic E-state index is 12.6. The molecule has 108 valence electrons. The molecule has 6 nitrogen and oxygen atoms in total. The maximum absolute atomic E-state index is 12.6. The van der Waals surface area contributed by atoms with E-state index in [1.165, 1.54) is 19.5 Å². The summed E-state index contributed by atoms with van der Waals surface area (Å²) in [5, 5.41) is 6.20. The van der Waals surface area contributed by atoms with Gasteiger partial charge in [0.15, 0.2) is 11.5 Å². The van der Waals surface area contributed by atoms with Gasteiger partial charge in [-0.1, -0.05) is 0 Å². The molecule has 9 heteroatoms. The Morgan fingerprint density at radius 1 is 1.50 bits per heavy atom. The number of nitrogens with one attached hydrogen (secondary N) is 1. The van der Waals surface area contributed by atoms with Gasteiger partial charge in [-0.25, -0.2) is 9.50 Å². The first-order valence-corrected chi connectivity index (χ1v) is 5.64. The van der Waals surface area contributed by atoms with E-state index in [2.05, 4.69) is 20.1 Å². The normalized spacial score (nSPS) is 11.6. The zero-order valence-electron chi connectivity index (χ0n) is 10.4. The van der Waals surface area contributed by atoms with Crippen LogP contribution in [0.25, 0.3) is 5.52 Å². The number of hydrogen-bond donors (Lipinski definition) is 1. The predicted octanol–water partition coefficient (Wildman–Crippen LogP) is 1.72. The molecule has 0 saturated heterocycles. The number of fused-ring (bicyclic) bond motifs is 1. The highest BCUT2D eigenvalue weighted by molar-refractivity contribution is 5.71. The number of carbonyl (C=O) groups excluding carboxylic acids is 1. The first-order chi connectivity index (χ1) is 9.41. The van der Waals surface area contributed by atoms with Crippen LogP contribution in [-0.2, 0) is 15.7 Å². The van der Waals surface area contributed by atoms with Crippen LogP contribution in [0, 0.1) is 0 Å². The van der Waals surface area contributed by atoms with E-state index < -0.39 is 17.8 Å². The molecule has 2 rings (SSSR count). The van der Waals surface area contributed by atoms with Crippen LogP contribution in [0.1, 0.15) is 12.1 Å². The van der Waals surface area contributed by atoms with Crippen molar-refractivity contribution in [2.45, 2.75) is 12.6 Å². The predicted molar refractivity (Wildman–Crippen MR) is 63.1 cm³/mol. The lowest BCUT2D eigenvalue weighted by atomic mass is 10.3. The van der Waals surface area contributed by atoms with E-state index in [-0.39, 0.29) is 24.3 Å². The third-order valence-electron chi connectivity index (χ3n) is 2.53. The van der Waals surface area contributed by atoms with Gasteiger partial charge in [0, 0.05) is 25.0 Å². The van der Waals surface area contributed by atoms with Crippen LogP contribution in [0.2, 0.25) is 0 Å². The van der Waals surface area contributed by atoms with Crippen LogP contribution in [-0.4, -0.2) is 34.2 Å². The minimum Gasteiger partial charge on any atom is -0.469 e.